The molecule has 1 aliphatic heterocycles. The molecule has 2 amide bonds. The van der Waals surface area contributed by atoms with E-state index >= 15 is 0 Å². The lowest BCUT2D eigenvalue weighted by molar-refractivity contribution is -0.143. The molecule has 0 bridgehead atoms. The van der Waals surface area contributed by atoms with Crippen LogP contribution in [0.1, 0.15) is 16.7 Å². The lowest BCUT2D eigenvalue weighted by Crippen LogP contribution is -2.52. The number of carbonyl (C=O) groups is 2. The van der Waals surface area contributed by atoms with Gasteiger partial charge < -0.3 is 15.0 Å². The molecule has 0 aliphatic carbocycles. The number of anilines is 1. The van der Waals surface area contributed by atoms with Gasteiger partial charge in [-0.1, -0.05) is 45.8 Å². The van der Waals surface area contributed by atoms with E-state index < -0.39 is 21.8 Å². The van der Waals surface area contributed by atoms with Gasteiger partial charge in [0.05, 0.1) is 4.90 Å². The van der Waals surface area contributed by atoms with Crippen molar-refractivity contribution in [3.05, 3.63) is 86.3 Å². The topological polar surface area (TPSA) is 96.0 Å². The lowest BCUT2D eigenvalue weighted by atomic mass is 10.1. The fourth-order valence-electron chi connectivity index (χ4n) is 4.10. The van der Waals surface area contributed by atoms with E-state index in [-0.39, 0.29) is 31.1 Å². The van der Waals surface area contributed by atoms with Crippen LogP contribution in [0.25, 0.3) is 0 Å². The molecule has 0 spiro atoms. The number of nitrogens with zero attached hydrogens (tertiary/aromatic N) is 2. The summed E-state index contributed by atoms with van der Waals surface area (Å²) < 4.78 is 34.5. The van der Waals surface area contributed by atoms with Crippen LogP contribution in [0.3, 0.4) is 0 Å². The molecule has 3 aromatic carbocycles. The molecule has 1 heterocycles. The van der Waals surface area contributed by atoms with Crippen LogP contribution < -0.4 is 10.1 Å². The molecule has 0 saturated carbocycles. The number of sulfonamides is 1. The van der Waals surface area contributed by atoms with Crippen LogP contribution in [0.15, 0.2) is 74.5 Å². The van der Waals surface area contributed by atoms with Crippen molar-refractivity contribution in [2.45, 2.75) is 25.3 Å². The van der Waals surface area contributed by atoms with Crippen LogP contribution in [-0.4, -0.2) is 55.6 Å². The number of ether oxygens (including phenoxy) is 1. The molecule has 1 N–H and O–H groups in total. The molecule has 1 fully saturated rings. The smallest absolute Gasteiger partial charge is 0.313 e. The molecule has 1 saturated heterocycles. The Kier molecular flexibility index (Phi) is 8.92. The SMILES string of the molecule is Cc1cccc(COc2ccc(NC(=O)C(=O)N3CCN(S(=O)(=O)c4cc(Br)ccc4Br)CC3)c(C)c2)c1. The summed E-state index contributed by atoms with van der Waals surface area (Å²) in [5, 5.41) is 2.67. The van der Waals surface area contributed by atoms with Crippen molar-refractivity contribution in [2.24, 2.45) is 0 Å². The zero-order chi connectivity index (χ0) is 27.4. The van der Waals surface area contributed by atoms with E-state index in [9.17, 15) is 18.0 Å². The van der Waals surface area contributed by atoms with Gasteiger partial charge in [-0.05, 0) is 77.3 Å². The van der Waals surface area contributed by atoms with E-state index in [1.54, 1.807) is 30.3 Å². The Morgan fingerprint density at radius 3 is 2.37 bits per heavy atom. The fraction of sp³-hybridized carbons (Fsp3) is 0.259. The number of aryl methyl sites for hydroxylation is 2. The largest absolute Gasteiger partial charge is 0.489 e. The van der Waals surface area contributed by atoms with Crippen LogP contribution in [-0.2, 0) is 26.2 Å². The number of amides is 2. The second kappa shape index (κ2) is 12.0. The Morgan fingerprint density at radius 1 is 0.947 bits per heavy atom. The number of benzene rings is 3. The molecule has 0 radical (unpaired) electrons. The van der Waals surface area contributed by atoms with Gasteiger partial charge in [-0.25, -0.2) is 8.42 Å². The van der Waals surface area contributed by atoms with Crippen LogP contribution in [0.2, 0.25) is 0 Å². The molecular weight excluding hydrogens is 638 g/mol. The van der Waals surface area contributed by atoms with E-state index in [0.29, 0.717) is 27.0 Å². The van der Waals surface area contributed by atoms with Crippen LogP contribution in [0.4, 0.5) is 5.69 Å². The Bertz CT molecular complexity index is 1470. The summed E-state index contributed by atoms with van der Waals surface area (Å²) in [6, 6.07) is 18.2. The summed E-state index contributed by atoms with van der Waals surface area (Å²) in [5.74, 6) is -0.819. The minimum atomic E-state index is -3.76. The molecule has 0 atom stereocenters. The van der Waals surface area contributed by atoms with Gasteiger partial charge in [0.1, 0.15) is 12.4 Å². The number of hydrogen-bond acceptors (Lipinski definition) is 5. The minimum Gasteiger partial charge on any atom is -0.489 e. The molecule has 0 aromatic heterocycles. The third kappa shape index (κ3) is 6.63. The third-order valence-electron chi connectivity index (χ3n) is 6.17. The van der Waals surface area contributed by atoms with Crippen LogP contribution in [0, 0.1) is 13.8 Å². The summed E-state index contributed by atoms with van der Waals surface area (Å²) in [4.78, 5) is 27.0. The highest BCUT2D eigenvalue weighted by atomic mass is 79.9. The zero-order valence-corrected chi connectivity index (χ0v) is 24.9. The molecule has 8 nitrogen and oxygen atoms in total. The van der Waals surface area contributed by atoms with E-state index in [4.69, 9.17) is 4.74 Å². The van der Waals surface area contributed by atoms with Crippen molar-refractivity contribution in [3.63, 3.8) is 0 Å². The Morgan fingerprint density at radius 2 is 1.68 bits per heavy atom. The van der Waals surface area contributed by atoms with Gasteiger partial charge in [0.2, 0.25) is 10.0 Å². The second-order valence-electron chi connectivity index (χ2n) is 8.98. The van der Waals surface area contributed by atoms with Crippen LogP contribution in [0.5, 0.6) is 5.75 Å². The highest BCUT2D eigenvalue weighted by Crippen LogP contribution is 2.29. The summed E-state index contributed by atoms with van der Waals surface area (Å²) in [6.45, 7) is 4.67. The molecule has 3 aromatic rings. The normalized spacial score (nSPS) is 14.3. The quantitative estimate of drug-likeness (QED) is 0.379. The van der Waals surface area contributed by atoms with E-state index in [2.05, 4.69) is 43.2 Å². The number of nitrogens with one attached hydrogen (secondary N) is 1. The van der Waals surface area contributed by atoms with Gasteiger partial charge >= 0.3 is 11.8 Å². The number of halogens is 2. The molecule has 200 valence electrons. The molecular formula is C27H27Br2N3O5S. The first-order chi connectivity index (χ1) is 18.0. The minimum absolute atomic E-state index is 0.0896. The van der Waals surface area contributed by atoms with Gasteiger partial charge in [-0.2, -0.15) is 4.31 Å². The standard InChI is InChI=1S/C27H27Br2N3O5S/c1-18-4-3-5-20(14-18)17-37-22-7-9-24(19(2)15-22)30-26(33)27(34)31-10-12-32(13-11-31)38(35,36)25-16-21(28)6-8-23(25)29/h3-9,14-16H,10-13,17H2,1-2H3,(H,30,33). The van der Waals surface area contributed by atoms with Crippen molar-refractivity contribution < 1.29 is 22.7 Å². The lowest BCUT2D eigenvalue weighted by Gasteiger charge is -2.33. The summed E-state index contributed by atoms with van der Waals surface area (Å²) in [6.07, 6.45) is 0. The summed E-state index contributed by atoms with van der Waals surface area (Å²) >= 11 is 6.60. The highest BCUT2D eigenvalue weighted by molar-refractivity contribution is 9.11. The van der Waals surface area contributed by atoms with Gasteiger partial charge in [0.25, 0.3) is 0 Å². The average Bonchev–Trinajstić information content (AvgIpc) is 2.90. The Balaban J connectivity index is 1.33. The second-order valence-corrected chi connectivity index (χ2v) is 12.7. The van der Waals surface area contributed by atoms with Gasteiger partial charge in [-0.3, -0.25) is 9.59 Å². The molecule has 0 unspecified atom stereocenters. The van der Waals surface area contributed by atoms with Crippen LogP contribution >= 0.6 is 31.9 Å². The maximum atomic E-state index is 13.1. The number of hydrogen-bond donors (Lipinski definition) is 1. The first-order valence-corrected chi connectivity index (χ1v) is 14.9. The van der Waals surface area contributed by atoms with Crippen molar-refractivity contribution >= 4 is 59.4 Å². The maximum absolute atomic E-state index is 13.1. The average molecular weight is 665 g/mol. The number of carbonyl (C=O) groups excluding carboxylic acids is 2. The summed E-state index contributed by atoms with van der Waals surface area (Å²) in [7, 11) is -3.76. The third-order valence-corrected chi connectivity index (χ3v) is 9.55. The van der Waals surface area contributed by atoms with Crippen molar-refractivity contribution in [2.75, 3.05) is 31.5 Å². The molecule has 11 heteroatoms. The monoisotopic (exact) mass is 663 g/mol. The Labute approximate surface area is 239 Å². The molecule has 4 rings (SSSR count). The van der Waals surface area contributed by atoms with Gasteiger partial charge in [-0.15, -0.1) is 0 Å². The van der Waals surface area contributed by atoms with Gasteiger partial charge in [0.15, 0.2) is 0 Å². The first-order valence-electron chi connectivity index (χ1n) is 11.9. The fourth-order valence-corrected chi connectivity index (χ4v) is 6.99. The summed E-state index contributed by atoms with van der Waals surface area (Å²) in [5.41, 5.74) is 3.48. The van der Waals surface area contributed by atoms with E-state index in [0.717, 1.165) is 16.7 Å². The molecule has 1 aliphatic rings. The predicted octanol–water partition coefficient (Wildman–Crippen LogP) is 4.88. The number of piperazine rings is 1. The highest BCUT2D eigenvalue weighted by Gasteiger charge is 2.33. The van der Waals surface area contributed by atoms with Gasteiger partial charge in [0, 0.05) is 40.8 Å². The van der Waals surface area contributed by atoms with Crippen molar-refractivity contribution in [1.82, 2.24) is 9.21 Å². The van der Waals surface area contributed by atoms with E-state index in [1.165, 1.54) is 15.3 Å². The van der Waals surface area contributed by atoms with Crippen molar-refractivity contribution in [3.8, 4) is 5.75 Å². The molecule has 38 heavy (non-hydrogen) atoms. The first kappa shape index (κ1) is 28.3. The zero-order valence-electron chi connectivity index (χ0n) is 20.9. The Hall–Kier alpha value is -2.73. The predicted molar refractivity (Wildman–Crippen MR) is 153 cm³/mol. The van der Waals surface area contributed by atoms with E-state index in [1.807, 2.05) is 32.0 Å². The van der Waals surface area contributed by atoms with Crippen molar-refractivity contribution in [1.29, 1.82) is 0 Å². The maximum Gasteiger partial charge on any atom is 0.313 e. The number of rotatable bonds is 6.